The van der Waals surface area contributed by atoms with Crippen LogP contribution in [0, 0.1) is 3.57 Å². The molecule has 19 heavy (non-hydrogen) atoms. The van der Waals surface area contributed by atoms with Crippen molar-refractivity contribution in [1.29, 1.82) is 0 Å². The molecule has 0 fully saturated rings. The number of hydrogen-bond acceptors (Lipinski definition) is 2. The van der Waals surface area contributed by atoms with Gasteiger partial charge in [0.2, 0.25) is 0 Å². The molecule has 0 aliphatic carbocycles. The Hall–Kier alpha value is -1.09. The Morgan fingerprint density at radius 1 is 1.37 bits per heavy atom. The highest BCUT2D eigenvalue weighted by atomic mass is 127. The molecule has 1 N–H and O–H groups in total. The van der Waals surface area contributed by atoms with Crippen molar-refractivity contribution in [1.82, 2.24) is 15.1 Å². The molecule has 0 bridgehead atoms. The molecule has 102 valence electrons. The number of aromatic nitrogens is 2. The monoisotopic (exact) mass is 381 g/mol. The highest BCUT2D eigenvalue weighted by Crippen LogP contribution is 2.34. The highest BCUT2D eigenvalue weighted by molar-refractivity contribution is 14.1. The lowest BCUT2D eigenvalue weighted by molar-refractivity contribution is -0.137. The largest absolute Gasteiger partial charge is 0.418 e. The summed E-state index contributed by atoms with van der Waals surface area (Å²) < 4.78 is 41.3. The Morgan fingerprint density at radius 3 is 2.63 bits per heavy atom. The molecule has 0 radical (unpaired) electrons. The molecule has 0 saturated heterocycles. The predicted molar refractivity (Wildman–Crippen MR) is 74.0 cm³/mol. The lowest BCUT2D eigenvalue weighted by Crippen LogP contribution is -2.13. The van der Waals surface area contributed by atoms with Crippen LogP contribution >= 0.6 is 22.6 Å². The maximum atomic E-state index is 13.1. The number of benzene rings is 1. The van der Waals surface area contributed by atoms with E-state index in [9.17, 15) is 13.2 Å². The van der Waals surface area contributed by atoms with E-state index in [2.05, 4.69) is 10.4 Å². The van der Waals surface area contributed by atoms with Gasteiger partial charge in [-0.1, -0.05) is 6.07 Å². The first-order chi connectivity index (χ1) is 8.91. The molecule has 3 nitrogen and oxygen atoms in total. The van der Waals surface area contributed by atoms with E-state index in [1.165, 1.54) is 16.9 Å². The molecule has 0 aliphatic heterocycles. The summed E-state index contributed by atoms with van der Waals surface area (Å²) in [7, 11) is 1.69. The second-order valence-electron chi connectivity index (χ2n) is 3.98. The van der Waals surface area contributed by atoms with E-state index >= 15 is 0 Å². The van der Waals surface area contributed by atoms with Crippen LogP contribution in [-0.4, -0.2) is 16.8 Å². The molecule has 0 amide bonds. The fourth-order valence-corrected chi connectivity index (χ4v) is 2.15. The Bertz CT molecular complexity index is 578. The summed E-state index contributed by atoms with van der Waals surface area (Å²) in [6.07, 6.45) is -1.33. The standard InChI is InChI=1S/C12H11F3IN3/c1-17-5-8-2-3-11(10(4-8)12(13,14)15)19-7-9(16)6-18-19/h2-4,6-7,17H,5H2,1H3. The van der Waals surface area contributed by atoms with E-state index in [1.54, 1.807) is 19.3 Å². The van der Waals surface area contributed by atoms with Gasteiger partial charge in [-0.15, -0.1) is 0 Å². The fourth-order valence-electron chi connectivity index (χ4n) is 1.76. The summed E-state index contributed by atoms with van der Waals surface area (Å²) >= 11 is 2.01. The molecular formula is C12H11F3IN3. The summed E-state index contributed by atoms with van der Waals surface area (Å²) in [5, 5.41) is 6.76. The molecule has 0 aliphatic rings. The van der Waals surface area contributed by atoms with Crippen molar-refractivity contribution in [2.24, 2.45) is 0 Å². The van der Waals surface area contributed by atoms with Crippen LogP contribution in [0.4, 0.5) is 13.2 Å². The maximum Gasteiger partial charge on any atom is 0.418 e. The van der Waals surface area contributed by atoms with Gasteiger partial charge in [0.25, 0.3) is 0 Å². The van der Waals surface area contributed by atoms with Gasteiger partial charge < -0.3 is 5.32 Å². The molecular weight excluding hydrogens is 370 g/mol. The van der Waals surface area contributed by atoms with E-state index in [4.69, 9.17) is 0 Å². The lowest BCUT2D eigenvalue weighted by Gasteiger charge is -2.14. The second-order valence-corrected chi connectivity index (χ2v) is 5.23. The second kappa shape index (κ2) is 5.49. The normalized spacial score (nSPS) is 11.8. The summed E-state index contributed by atoms with van der Waals surface area (Å²) in [6.45, 7) is 0.389. The molecule has 1 heterocycles. The molecule has 1 aromatic heterocycles. The Kier molecular flexibility index (Phi) is 4.14. The third-order valence-corrected chi connectivity index (χ3v) is 3.10. The first kappa shape index (κ1) is 14.3. The Morgan fingerprint density at radius 2 is 2.11 bits per heavy atom. The number of nitrogens with one attached hydrogen (secondary N) is 1. The molecule has 2 rings (SSSR count). The van der Waals surface area contributed by atoms with Gasteiger partial charge in [0.15, 0.2) is 0 Å². The van der Waals surface area contributed by atoms with E-state index in [0.29, 0.717) is 12.1 Å². The SMILES string of the molecule is CNCc1ccc(-n2cc(I)cn2)c(C(F)(F)F)c1. The van der Waals surface area contributed by atoms with Crippen LogP contribution in [-0.2, 0) is 12.7 Å². The van der Waals surface area contributed by atoms with E-state index in [0.717, 1.165) is 9.64 Å². The minimum atomic E-state index is -4.41. The Labute approximate surface area is 121 Å². The summed E-state index contributed by atoms with van der Waals surface area (Å²) in [5.74, 6) is 0. The predicted octanol–water partition coefficient (Wildman–Crippen LogP) is 3.22. The van der Waals surface area contributed by atoms with E-state index < -0.39 is 11.7 Å². The van der Waals surface area contributed by atoms with Gasteiger partial charge in [-0.05, 0) is 47.3 Å². The quantitative estimate of drug-likeness (QED) is 0.828. The molecule has 0 spiro atoms. The summed E-state index contributed by atoms with van der Waals surface area (Å²) in [6, 6.07) is 4.26. The van der Waals surface area contributed by atoms with E-state index in [1.807, 2.05) is 22.6 Å². The average molecular weight is 381 g/mol. The van der Waals surface area contributed by atoms with Crippen molar-refractivity contribution in [2.75, 3.05) is 7.05 Å². The Balaban J connectivity index is 2.54. The fraction of sp³-hybridized carbons (Fsp3) is 0.250. The zero-order valence-electron chi connectivity index (χ0n) is 10.0. The number of nitrogens with zero attached hydrogens (tertiary/aromatic N) is 2. The van der Waals surface area contributed by atoms with Crippen molar-refractivity contribution < 1.29 is 13.2 Å². The molecule has 2 aromatic rings. The van der Waals surface area contributed by atoms with Gasteiger partial charge in [-0.3, -0.25) is 0 Å². The first-order valence-corrected chi connectivity index (χ1v) is 6.55. The number of alkyl halides is 3. The smallest absolute Gasteiger partial charge is 0.316 e. The van der Waals surface area contributed by atoms with Crippen molar-refractivity contribution in [2.45, 2.75) is 12.7 Å². The topological polar surface area (TPSA) is 29.9 Å². The molecule has 0 atom stereocenters. The molecule has 1 aromatic carbocycles. The van der Waals surface area contributed by atoms with Gasteiger partial charge in [-0.2, -0.15) is 18.3 Å². The number of halogens is 4. The van der Waals surface area contributed by atoms with Crippen LogP contribution in [0.5, 0.6) is 0 Å². The van der Waals surface area contributed by atoms with Crippen LogP contribution in [0.25, 0.3) is 5.69 Å². The third-order valence-electron chi connectivity index (χ3n) is 2.55. The maximum absolute atomic E-state index is 13.1. The molecule has 0 saturated carbocycles. The number of hydrogen-bond donors (Lipinski definition) is 1. The molecule has 0 unspecified atom stereocenters. The average Bonchev–Trinajstić information content (AvgIpc) is 2.75. The van der Waals surface area contributed by atoms with Gasteiger partial charge in [0.1, 0.15) is 0 Å². The van der Waals surface area contributed by atoms with Gasteiger partial charge >= 0.3 is 6.18 Å². The first-order valence-electron chi connectivity index (χ1n) is 5.47. The highest BCUT2D eigenvalue weighted by Gasteiger charge is 2.34. The third kappa shape index (κ3) is 3.27. The van der Waals surface area contributed by atoms with Crippen LogP contribution in [0.15, 0.2) is 30.6 Å². The van der Waals surface area contributed by atoms with Crippen LogP contribution in [0.3, 0.4) is 0 Å². The zero-order valence-corrected chi connectivity index (χ0v) is 12.2. The van der Waals surface area contributed by atoms with Crippen LogP contribution in [0.1, 0.15) is 11.1 Å². The van der Waals surface area contributed by atoms with Gasteiger partial charge in [-0.25, -0.2) is 4.68 Å². The number of rotatable bonds is 3. The summed E-state index contributed by atoms with van der Waals surface area (Å²) in [5.41, 5.74) is -0.0598. The van der Waals surface area contributed by atoms with Crippen LogP contribution < -0.4 is 5.32 Å². The van der Waals surface area contributed by atoms with Crippen molar-refractivity contribution in [3.8, 4) is 5.69 Å². The lowest BCUT2D eigenvalue weighted by atomic mass is 10.1. The molecule has 7 heteroatoms. The van der Waals surface area contributed by atoms with Crippen molar-refractivity contribution in [3.63, 3.8) is 0 Å². The van der Waals surface area contributed by atoms with Gasteiger partial charge in [0.05, 0.1) is 21.0 Å². The zero-order chi connectivity index (χ0) is 14.0. The summed E-state index contributed by atoms with van der Waals surface area (Å²) in [4.78, 5) is 0. The van der Waals surface area contributed by atoms with E-state index in [-0.39, 0.29) is 5.69 Å². The minimum Gasteiger partial charge on any atom is -0.316 e. The minimum absolute atomic E-state index is 0.0373. The van der Waals surface area contributed by atoms with Crippen LogP contribution in [0.2, 0.25) is 0 Å². The van der Waals surface area contributed by atoms with Crippen molar-refractivity contribution >= 4 is 22.6 Å². The van der Waals surface area contributed by atoms with Crippen molar-refractivity contribution in [3.05, 3.63) is 45.3 Å². The van der Waals surface area contributed by atoms with Gasteiger partial charge in [0, 0.05) is 12.7 Å².